The molecule has 0 spiro atoms. The maximum absolute atomic E-state index is 13.1. The van der Waals surface area contributed by atoms with Crippen molar-refractivity contribution < 1.29 is 18.0 Å². The fourth-order valence-corrected chi connectivity index (χ4v) is 6.43. The van der Waals surface area contributed by atoms with Crippen molar-refractivity contribution in [3.63, 3.8) is 0 Å². The van der Waals surface area contributed by atoms with Crippen LogP contribution >= 0.6 is 15.9 Å². The van der Waals surface area contributed by atoms with Crippen LogP contribution in [0.3, 0.4) is 0 Å². The summed E-state index contributed by atoms with van der Waals surface area (Å²) in [4.78, 5) is 32.1. The highest BCUT2D eigenvalue weighted by atomic mass is 79.9. The molecule has 0 aliphatic carbocycles. The van der Waals surface area contributed by atoms with E-state index in [0.717, 1.165) is 43.5 Å². The van der Waals surface area contributed by atoms with E-state index in [1.807, 2.05) is 4.90 Å². The van der Waals surface area contributed by atoms with Gasteiger partial charge in [-0.3, -0.25) is 9.59 Å². The molecule has 3 saturated heterocycles. The standard InChI is InChI=1S/C22H31BrN4O4S/c23-17-7-9-19(10-8-17)32(30,31)24-20-6-4-13-26(22(20)29)16-21(28)27-14-3-5-18(27)15-25-11-1-2-12-25/h7-10,18,20,24H,1-6,11-16H2/t18-,20-/m0/s1. The normalized spacial score (nSPS) is 25.0. The maximum atomic E-state index is 13.1. The Morgan fingerprint density at radius 3 is 2.41 bits per heavy atom. The lowest BCUT2D eigenvalue weighted by molar-refractivity contribution is -0.143. The largest absolute Gasteiger partial charge is 0.337 e. The Labute approximate surface area is 198 Å². The van der Waals surface area contributed by atoms with Crippen molar-refractivity contribution in [1.29, 1.82) is 0 Å². The van der Waals surface area contributed by atoms with Crippen molar-refractivity contribution in [2.24, 2.45) is 0 Å². The molecule has 0 radical (unpaired) electrons. The third-order valence-electron chi connectivity index (χ3n) is 6.64. The van der Waals surface area contributed by atoms with E-state index in [0.29, 0.717) is 19.4 Å². The molecular weight excluding hydrogens is 496 g/mol. The second-order valence-corrected chi connectivity index (χ2v) is 11.6. The highest BCUT2D eigenvalue weighted by Crippen LogP contribution is 2.22. The first-order chi connectivity index (χ1) is 15.3. The number of sulfonamides is 1. The van der Waals surface area contributed by atoms with E-state index in [1.54, 1.807) is 12.1 Å². The van der Waals surface area contributed by atoms with Gasteiger partial charge in [0.2, 0.25) is 21.8 Å². The molecule has 1 aromatic carbocycles. The Bertz CT molecular complexity index is 934. The number of carbonyl (C=O) groups is 2. The lowest BCUT2D eigenvalue weighted by Crippen LogP contribution is -2.55. The Morgan fingerprint density at radius 1 is 1.00 bits per heavy atom. The molecule has 0 unspecified atom stereocenters. The van der Waals surface area contributed by atoms with E-state index in [9.17, 15) is 18.0 Å². The van der Waals surface area contributed by atoms with Crippen molar-refractivity contribution in [2.45, 2.75) is 55.5 Å². The van der Waals surface area contributed by atoms with Crippen LogP contribution in [-0.4, -0.2) is 86.3 Å². The van der Waals surface area contributed by atoms with Crippen molar-refractivity contribution in [2.75, 3.05) is 39.3 Å². The molecule has 10 heteroatoms. The van der Waals surface area contributed by atoms with Crippen LogP contribution < -0.4 is 4.72 Å². The van der Waals surface area contributed by atoms with Gasteiger partial charge >= 0.3 is 0 Å². The molecule has 2 amide bonds. The molecule has 1 N–H and O–H groups in total. The van der Waals surface area contributed by atoms with Gasteiger partial charge < -0.3 is 14.7 Å². The SMILES string of the molecule is O=C1[C@@H](NS(=O)(=O)c2ccc(Br)cc2)CCCN1CC(=O)N1CCC[C@H]1CN1CCCC1. The minimum absolute atomic E-state index is 0.0197. The molecule has 1 aromatic rings. The number of halogens is 1. The summed E-state index contributed by atoms with van der Waals surface area (Å²) in [5, 5.41) is 0. The highest BCUT2D eigenvalue weighted by molar-refractivity contribution is 9.10. The average molecular weight is 527 g/mol. The summed E-state index contributed by atoms with van der Waals surface area (Å²) >= 11 is 3.29. The zero-order chi connectivity index (χ0) is 22.7. The first kappa shape index (κ1) is 23.7. The number of rotatable bonds is 7. The van der Waals surface area contributed by atoms with Crippen LogP contribution in [0.1, 0.15) is 38.5 Å². The van der Waals surface area contributed by atoms with Crippen LogP contribution in [0.2, 0.25) is 0 Å². The van der Waals surface area contributed by atoms with Crippen molar-refractivity contribution >= 4 is 37.8 Å². The van der Waals surface area contributed by atoms with Crippen LogP contribution in [0.15, 0.2) is 33.6 Å². The minimum atomic E-state index is -3.82. The summed E-state index contributed by atoms with van der Waals surface area (Å²) in [6.45, 7) is 4.35. The Morgan fingerprint density at radius 2 is 1.69 bits per heavy atom. The highest BCUT2D eigenvalue weighted by Gasteiger charge is 2.36. The second kappa shape index (κ2) is 10.2. The van der Waals surface area contributed by atoms with E-state index in [1.165, 1.54) is 29.9 Å². The number of nitrogens with one attached hydrogen (secondary N) is 1. The summed E-state index contributed by atoms with van der Waals surface area (Å²) < 4.78 is 28.8. The third kappa shape index (κ3) is 5.52. The van der Waals surface area contributed by atoms with Crippen molar-refractivity contribution in [3.05, 3.63) is 28.7 Å². The van der Waals surface area contributed by atoms with Gasteiger partial charge in [0, 0.05) is 30.1 Å². The average Bonchev–Trinajstić information content (AvgIpc) is 3.44. The van der Waals surface area contributed by atoms with Gasteiger partial charge in [-0.05, 0) is 75.9 Å². The lowest BCUT2D eigenvalue weighted by Gasteiger charge is -2.34. The number of hydrogen-bond acceptors (Lipinski definition) is 5. The van der Waals surface area contributed by atoms with E-state index in [4.69, 9.17) is 0 Å². The van der Waals surface area contributed by atoms with Gasteiger partial charge in [0.1, 0.15) is 6.04 Å². The van der Waals surface area contributed by atoms with Gasteiger partial charge in [-0.25, -0.2) is 8.42 Å². The lowest BCUT2D eigenvalue weighted by atomic mass is 10.1. The fourth-order valence-electron chi connectivity index (χ4n) is 4.95. The van der Waals surface area contributed by atoms with Crippen molar-refractivity contribution in [3.8, 4) is 0 Å². The summed E-state index contributed by atoms with van der Waals surface area (Å²) in [6, 6.07) is 5.66. The van der Waals surface area contributed by atoms with Crippen LogP contribution in [0, 0.1) is 0 Å². The molecular formula is C22H31BrN4O4S. The quantitative estimate of drug-likeness (QED) is 0.585. The molecule has 176 valence electrons. The molecule has 0 bridgehead atoms. The molecule has 3 aliphatic heterocycles. The zero-order valence-corrected chi connectivity index (χ0v) is 20.6. The molecule has 8 nitrogen and oxygen atoms in total. The van der Waals surface area contributed by atoms with Crippen LogP contribution in [-0.2, 0) is 19.6 Å². The monoisotopic (exact) mass is 526 g/mol. The van der Waals surface area contributed by atoms with E-state index in [2.05, 4.69) is 25.6 Å². The molecule has 3 aliphatic rings. The first-order valence-electron chi connectivity index (χ1n) is 11.4. The maximum Gasteiger partial charge on any atom is 0.242 e. The Balaban J connectivity index is 1.36. The van der Waals surface area contributed by atoms with E-state index < -0.39 is 16.1 Å². The van der Waals surface area contributed by atoms with E-state index in [-0.39, 0.29) is 29.3 Å². The predicted molar refractivity (Wildman–Crippen MR) is 124 cm³/mol. The number of piperidine rings is 1. The van der Waals surface area contributed by atoms with Gasteiger partial charge in [-0.1, -0.05) is 15.9 Å². The number of carbonyl (C=O) groups excluding carboxylic acids is 2. The van der Waals surface area contributed by atoms with Gasteiger partial charge in [0.25, 0.3) is 0 Å². The predicted octanol–water partition coefficient (Wildman–Crippen LogP) is 1.81. The molecule has 0 saturated carbocycles. The molecule has 32 heavy (non-hydrogen) atoms. The number of amides is 2. The number of nitrogens with zero attached hydrogens (tertiary/aromatic N) is 3. The molecule has 4 rings (SSSR count). The van der Waals surface area contributed by atoms with Crippen molar-refractivity contribution in [1.82, 2.24) is 19.4 Å². The van der Waals surface area contributed by atoms with Crippen LogP contribution in [0.5, 0.6) is 0 Å². The summed E-state index contributed by atoms with van der Waals surface area (Å²) in [6.07, 6.45) is 5.53. The smallest absolute Gasteiger partial charge is 0.242 e. The Kier molecular flexibility index (Phi) is 7.54. The van der Waals surface area contributed by atoms with Gasteiger partial charge in [-0.15, -0.1) is 0 Å². The summed E-state index contributed by atoms with van der Waals surface area (Å²) in [5.74, 6) is -0.350. The fraction of sp³-hybridized carbons (Fsp3) is 0.636. The molecule has 0 aromatic heterocycles. The van der Waals surface area contributed by atoms with Crippen LogP contribution in [0.25, 0.3) is 0 Å². The minimum Gasteiger partial charge on any atom is -0.337 e. The Hall–Kier alpha value is -1.49. The molecule has 2 atom stereocenters. The van der Waals surface area contributed by atoms with Gasteiger partial charge in [0.05, 0.1) is 11.4 Å². The van der Waals surface area contributed by atoms with Gasteiger partial charge in [-0.2, -0.15) is 4.72 Å². The number of hydrogen-bond donors (Lipinski definition) is 1. The molecule has 3 heterocycles. The van der Waals surface area contributed by atoms with Gasteiger partial charge in [0.15, 0.2) is 0 Å². The summed E-state index contributed by atoms with van der Waals surface area (Å²) in [7, 11) is -3.82. The summed E-state index contributed by atoms with van der Waals surface area (Å²) in [5.41, 5.74) is 0. The number of likely N-dealkylation sites (tertiary alicyclic amines) is 3. The zero-order valence-electron chi connectivity index (χ0n) is 18.2. The van der Waals surface area contributed by atoms with E-state index >= 15 is 0 Å². The topological polar surface area (TPSA) is 90.0 Å². The number of benzene rings is 1. The third-order valence-corrected chi connectivity index (χ3v) is 8.66. The second-order valence-electron chi connectivity index (χ2n) is 8.92. The molecule has 3 fully saturated rings. The first-order valence-corrected chi connectivity index (χ1v) is 13.7. The van der Waals surface area contributed by atoms with Crippen LogP contribution in [0.4, 0.5) is 0 Å².